The van der Waals surface area contributed by atoms with E-state index in [-0.39, 0.29) is 17.9 Å². The first-order valence-corrected chi connectivity index (χ1v) is 5.15. The first-order valence-electron chi connectivity index (χ1n) is 5.15. The molecule has 0 fully saturated rings. The summed E-state index contributed by atoms with van der Waals surface area (Å²) in [5.41, 5.74) is 7.12. The minimum Gasteiger partial charge on any atom is -0.393 e. The summed E-state index contributed by atoms with van der Waals surface area (Å²) in [5, 5.41) is 2.89. The second-order valence-electron chi connectivity index (χ2n) is 3.77. The number of hydrogen-bond acceptors (Lipinski definition) is 4. The standard InChI is InChI=1S/C11H14N4O2/c1-7-3-4-13-9(5-7)15-11(16)10(12)8(14-15)6-17-2/h3-5,14H,6,12H2,1-2H3. The molecule has 2 heterocycles. The maximum absolute atomic E-state index is 11.9. The van der Waals surface area contributed by atoms with Crippen molar-refractivity contribution in [2.24, 2.45) is 0 Å². The average Bonchev–Trinajstić information content (AvgIpc) is 2.58. The Hall–Kier alpha value is -2.08. The number of methoxy groups -OCH3 is 1. The molecule has 2 aromatic heterocycles. The second-order valence-corrected chi connectivity index (χ2v) is 3.77. The first kappa shape index (κ1) is 11.4. The summed E-state index contributed by atoms with van der Waals surface area (Å²) in [6, 6.07) is 3.66. The van der Waals surface area contributed by atoms with E-state index in [1.165, 1.54) is 4.68 Å². The lowest BCUT2D eigenvalue weighted by atomic mass is 10.3. The smallest absolute Gasteiger partial charge is 0.296 e. The zero-order chi connectivity index (χ0) is 12.4. The van der Waals surface area contributed by atoms with Crippen LogP contribution < -0.4 is 11.3 Å². The molecule has 0 aliphatic rings. The Morgan fingerprint density at radius 1 is 1.59 bits per heavy atom. The van der Waals surface area contributed by atoms with Crippen molar-refractivity contribution in [1.29, 1.82) is 0 Å². The Morgan fingerprint density at radius 3 is 3.00 bits per heavy atom. The molecule has 0 saturated carbocycles. The number of aryl methyl sites for hydroxylation is 1. The Balaban J connectivity index is 2.53. The van der Waals surface area contributed by atoms with E-state index in [1.807, 2.05) is 13.0 Å². The number of nitrogens with zero attached hydrogens (tertiary/aromatic N) is 2. The number of pyridine rings is 1. The Bertz CT molecular complexity index is 585. The zero-order valence-corrected chi connectivity index (χ0v) is 9.73. The van der Waals surface area contributed by atoms with Crippen molar-refractivity contribution < 1.29 is 4.74 Å². The van der Waals surface area contributed by atoms with Crippen molar-refractivity contribution in [3.05, 3.63) is 39.9 Å². The van der Waals surface area contributed by atoms with E-state index in [0.29, 0.717) is 11.5 Å². The molecule has 0 aliphatic heterocycles. The molecule has 17 heavy (non-hydrogen) atoms. The molecule has 2 rings (SSSR count). The summed E-state index contributed by atoms with van der Waals surface area (Å²) in [4.78, 5) is 16.0. The van der Waals surface area contributed by atoms with Gasteiger partial charge in [-0.1, -0.05) is 0 Å². The summed E-state index contributed by atoms with van der Waals surface area (Å²) in [5.74, 6) is 0.518. The van der Waals surface area contributed by atoms with Crippen LogP contribution in [0.4, 0.5) is 5.69 Å². The number of nitrogens with two attached hydrogens (primary N) is 1. The molecule has 90 valence electrons. The molecule has 0 aliphatic carbocycles. The fraction of sp³-hybridized carbons (Fsp3) is 0.273. The van der Waals surface area contributed by atoms with Gasteiger partial charge in [-0.05, 0) is 24.6 Å². The fourth-order valence-electron chi connectivity index (χ4n) is 1.55. The normalized spacial score (nSPS) is 10.7. The summed E-state index contributed by atoms with van der Waals surface area (Å²) in [6.07, 6.45) is 1.64. The second kappa shape index (κ2) is 4.42. The van der Waals surface area contributed by atoms with Crippen molar-refractivity contribution in [3.8, 4) is 5.82 Å². The Kier molecular flexibility index (Phi) is 2.97. The van der Waals surface area contributed by atoms with E-state index in [0.717, 1.165) is 5.56 Å². The third-order valence-electron chi connectivity index (χ3n) is 2.42. The number of nitrogen functional groups attached to an aromatic ring is 1. The predicted molar refractivity (Wildman–Crippen MR) is 64.0 cm³/mol. The van der Waals surface area contributed by atoms with Crippen LogP contribution in [0.25, 0.3) is 5.82 Å². The molecule has 0 aromatic carbocycles. The van der Waals surface area contributed by atoms with E-state index < -0.39 is 0 Å². The average molecular weight is 234 g/mol. The molecule has 0 amide bonds. The fourth-order valence-corrected chi connectivity index (χ4v) is 1.55. The topological polar surface area (TPSA) is 85.9 Å². The third-order valence-corrected chi connectivity index (χ3v) is 2.42. The van der Waals surface area contributed by atoms with Crippen LogP contribution in [0.2, 0.25) is 0 Å². The van der Waals surface area contributed by atoms with Crippen LogP contribution in [0.5, 0.6) is 0 Å². The van der Waals surface area contributed by atoms with Crippen LogP contribution in [0.15, 0.2) is 23.1 Å². The van der Waals surface area contributed by atoms with Crippen LogP contribution in [-0.2, 0) is 11.3 Å². The summed E-state index contributed by atoms with van der Waals surface area (Å²) < 4.78 is 6.27. The van der Waals surface area contributed by atoms with Crippen molar-refractivity contribution in [3.63, 3.8) is 0 Å². The van der Waals surface area contributed by atoms with Gasteiger partial charge < -0.3 is 10.5 Å². The van der Waals surface area contributed by atoms with Gasteiger partial charge in [0.1, 0.15) is 5.69 Å². The molecular formula is C11H14N4O2. The lowest BCUT2D eigenvalue weighted by Crippen LogP contribution is -2.17. The van der Waals surface area contributed by atoms with E-state index in [9.17, 15) is 4.79 Å². The summed E-state index contributed by atoms with van der Waals surface area (Å²) in [6.45, 7) is 2.19. The van der Waals surface area contributed by atoms with Gasteiger partial charge in [0, 0.05) is 13.3 Å². The monoisotopic (exact) mass is 234 g/mol. The molecule has 6 nitrogen and oxygen atoms in total. The van der Waals surface area contributed by atoms with Crippen LogP contribution in [0.1, 0.15) is 11.3 Å². The molecular weight excluding hydrogens is 220 g/mol. The van der Waals surface area contributed by atoms with Crippen LogP contribution in [0, 0.1) is 6.92 Å². The molecule has 0 atom stereocenters. The molecule has 0 saturated heterocycles. The first-order chi connectivity index (χ1) is 8.13. The van der Waals surface area contributed by atoms with E-state index in [4.69, 9.17) is 10.5 Å². The molecule has 0 unspecified atom stereocenters. The summed E-state index contributed by atoms with van der Waals surface area (Å²) in [7, 11) is 1.54. The highest BCUT2D eigenvalue weighted by atomic mass is 16.5. The maximum atomic E-state index is 11.9. The highest BCUT2D eigenvalue weighted by Crippen LogP contribution is 2.09. The van der Waals surface area contributed by atoms with Gasteiger partial charge in [-0.15, -0.1) is 0 Å². The lowest BCUT2D eigenvalue weighted by Gasteiger charge is -2.01. The number of H-pyrrole nitrogens is 1. The number of anilines is 1. The maximum Gasteiger partial charge on any atom is 0.296 e. The minimum atomic E-state index is -0.310. The number of hydrogen-bond donors (Lipinski definition) is 2. The Morgan fingerprint density at radius 2 is 2.35 bits per heavy atom. The van der Waals surface area contributed by atoms with Crippen molar-refractivity contribution >= 4 is 5.69 Å². The number of rotatable bonds is 3. The van der Waals surface area contributed by atoms with Gasteiger partial charge in [-0.2, -0.15) is 4.68 Å². The molecule has 0 spiro atoms. The minimum absolute atomic E-state index is 0.162. The van der Waals surface area contributed by atoms with Gasteiger partial charge in [0.2, 0.25) is 0 Å². The molecule has 0 radical (unpaired) electrons. The van der Waals surface area contributed by atoms with Gasteiger partial charge in [0.25, 0.3) is 5.56 Å². The highest BCUT2D eigenvalue weighted by Gasteiger charge is 2.12. The SMILES string of the molecule is COCc1[nH]n(-c2cc(C)ccn2)c(=O)c1N. The number of ether oxygens (including phenoxy) is 1. The zero-order valence-electron chi connectivity index (χ0n) is 9.73. The summed E-state index contributed by atoms with van der Waals surface area (Å²) >= 11 is 0. The van der Waals surface area contributed by atoms with Crippen LogP contribution in [0.3, 0.4) is 0 Å². The molecule has 3 N–H and O–H groups in total. The van der Waals surface area contributed by atoms with Crippen molar-refractivity contribution in [2.45, 2.75) is 13.5 Å². The highest BCUT2D eigenvalue weighted by molar-refractivity contribution is 5.43. The van der Waals surface area contributed by atoms with Gasteiger partial charge in [-0.3, -0.25) is 9.89 Å². The van der Waals surface area contributed by atoms with Gasteiger partial charge in [-0.25, -0.2) is 4.98 Å². The van der Waals surface area contributed by atoms with E-state index in [2.05, 4.69) is 10.1 Å². The Labute approximate surface area is 98.0 Å². The number of aromatic amines is 1. The van der Waals surface area contributed by atoms with Gasteiger partial charge in [0.15, 0.2) is 5.82 Å². The number of aromatic nitrogens is 3. The van der Waals surface area contributed by atoms with Crippen molar-refractivity contribution in [2.75, 3.05) is 12.8 Å². The van der Waals surface area contributed by atoms with E-state index >= 15 is 0 Å². The molecule has 6 heteroatoms. The third kappa shape index (κ3) is 2.07. The van der Waals surface area contributed by atoms with Gasteiger partial charge in [0.05, 0.1) is 12.3 Å². The lowest BCUT2D eigenvalue weighted by molar-refractivity contribution is 0.181. The van der Waals surface area contributed by atoms with Crippen LogP contribution >= 0.6 is 0 Å². The van der Waals surface area contributed by atoms with Crippen LogP contribution in [-0.4, -0.2) is 21.9 Å². The largest absolute Gasteiger partial charge is 0.393 e. The number of nitrogens with one attached hydrogen (secondary N) is 1. The molecule has 2 aromatic rings. The van der Waals surface area contributed by atoms with Gasteiger partial charge >= 0.3 is 0 Å². The van der Waals surface area contributed by atoms with E-state index in [1.54, 1.807) is 19.4 Å². The predicted octanol–water partition coefficient (Wildman–Crippen LogP) is 0.598. The quantitative estimate of drug-likeness (QED) is 0.814. The molecule has 0 bridgehead atoms. The van der Waals surface area contributed by atoms with Crippen molar-refractivity contribution in [1.82, 2.24) is 14.8 Å².